The van der Waals surface area contributed by atoms with E-state index < -0.39 is 92.2 Å². The number of hydrogen-bond donors (Lipinski definition) is 9. The Bertz CT molecular complexity index is 5730. The van der Waals surface area contributed by atoms with Gasteiger partial charge < -0.3 is 79.4 Å². The van der Waals surface area contributed by atoms with E-state index in [1.54, 1.807) is 77.6 Å². The molecule has 37 heteroatoms. The highest BCUT2D eigenvalue weighted by Gasteiger charge is 2.54. The molecule has 132 heavy (non-hydrogen) atoms. The molecule has 4 aromatic carbocycles. The minimum atomic E-state index is -3.99. The maximum absolute atomic E-state index is 14.5. The minimum Gasteiger partial charge on any atom is -0.509 e. The molecule has 12 rings (SSSR count). The smallest absolute Gasteiger partial charge is 0.351 e. The first-order valence-electron chi connectivity index (χ1n) is 45.2. The van der Waals surface area contributed by atoms with Gasteiger partial charge in [0.25, 0.3) is 23.6 Å². The van der Waals surface area contributed by atoms with E-state index in [1.807, 2.05) is 108 Å². The first-order valence-corrected chi connectivity index (χ1v) is 53.4. The molecule has 8 unspecified atom stereocenters. The van der Waals surface area contributed by atoms with Crippen molar-refractivity contribution >= 4 is 137 Å². The molecule has 0 fully saturated rings. The molecule has 4 amide bonds. The average molecular weight is 1930 g/mol. The molecule has 31 nitrogen and oxygen atoms in total. The van der Waals surface area contributed by atoms with E-state index in [2.05, 4.69) is 128 Å². The number of nitrogens with one attached hydrogen (secondary N) is 5. The van der Waals surface area contributed by atoms with Gasteiger partial charge in [-0.15, -0.1) is 0 Å². The molecular weight excluding hydrogens is 1790 g/mol. The number of halogens is 1. The highest BCUT2D eigenvalue weighted by atomic mass is 32.2. The van der Waals surface area contributed by atoms with Gasteiger partial charge in [0.2, 0.25) is 10.0 Å². The number of fused-ring (bicyclic) bond motifs is 4. The Labute approximate surface area is 780 Å². The third kappa shape index (κ3) is 24.5. The summed E-state index contributed by atoms with van der Waals surface area (Å²) in [6.07, 6.45) is 4.62. The number of aryl methyl sites for hydroxylation is 2. The molecule has 9 N–H and O–H groups in total. The van der Waals surface area contributed by atoms with Crippen molar-refractivity contribution in [1.82, 2.24) is 19.6 Å². The second kappa shape index (κ2) is 39.9. The van der Waals surface area contributed by atoms with Crippen LogP contribution in [0.1, 0.15) is 230 Å². The van der Waals surface area contributed by atoms with Gasteiger partial charge in [0.1, 0.15) is 56.5 Å². The number of rotatable bonds is 24. The maximum atomic E-state index is 14.5. The number of aliphatic hydroxyl groups excluding tert-OH is 4. The van der Waals surface area contributed by atoms with E-state index in [0.29, 0.717) is 60.3 Å². The van der Waals surface area contributed by atoms with Gasteiger partial charge in [-0.3, -0.25) is 42.2 Å². The van der Waals surface area contributed by atoms with E-state index in [0.717, 1.165) is 43.1 Å². The number of hydrogen-bond acceptors (Lipinski definition) is 22. The number of benzene rings is 4. The van der Waals surface area contributed by atoms with Gasteiger partial charge in [0.15, 0.2) is 23.3 Å². The standard InChI is InChI=1S/C24H37N4O6PS.2C24H36N3O4P.C23H33FN3O4P/c1-8-34-35(31)19-14-16(27-36(7,32)33)9-10-17(19)25-22(26-35)20-21(29)18(13-15(2)3)28(23(20)30)12-11-24(4,5)6;1-9-31-32(30)17-11-10-15(2)14-16(17)25-21(26-32)18-19(28)20(24(6,7)8)27(22(18)29)13-12-23(3,4)5;1-9-31-32(30)17-14-15(2)10-11-16(17)25-21(26-32)18-19(28)20(24(6,7)8)27(22(18)29)13-12-23(3,4)5;1-8-31-32(30)18-14(24)10-9-11-15(18)25-20(26-32)16-17(28)19(23(5,6)7)27(21(16)29)13-12-22(2,3)4/h9-10,14-15,18,27,29H,8,11-13H2,1-7H3,(H,25,26,31);2*10-11,14,20,28H,9,12-13H2,1-8H3,(H,25,26,30);9-11,19,28H,8,12-13H2,1-7H3,(H,25,26,30). The van der Waals surface area contributed by atoms with E-state index in [-0.39, 0.29) is 162 Å². The van der Waals surface area contributed by atoms with Gasteiger partial charge in [-0.1, -0.05) is 183 Å². The molecule has 0 radical (unpaired) electrons. The second-order valence-electron chi connectivity index (χ2n) is 43.1. The number of nitrogens with zero attached hydrogens (tertiary/aromatic N) is 8. The Morgan fingerprint density at radius 3 is 1.11 bits per heavy atom. The van der Waals surface area contributed by atoms with E-state index >= 15 is 0 Å². The van der Waals surface area contributed by atoms with Gasteiger partial charge in [-0.2, -0.15) is 19.1 Å². The maximum Gasteiger partial charge on any atom is 0.351 e. The van der Waals surface area contributed by atoms with Crippen molar-refractivity contribution in [3.05, 3.63) is 135 Å². The summed E-state index contributed by atoms with van der Waals surface area (Å²) in [5.74, 6) is -2.06. The highest BCUT2D eigenvalue weighted by Crippen LogP contribution is 2.58. The van der Waals surface area contributed by atoms with Crippen LogP contribution in [0.2, 0.25) is 0 Å². The molecule has 0 aromatic heterocycles. The lowest BCUT2D eigenvalue weighted by atomic mass is 9.84. The Kier molecular flexibility index (Phi) is 32.3. The lowest BCUT2D eigenvalue weighted by Crippen LogP contribution is -2.45. The molecule has 8 aliphatic heterocycles. The number of aliphatic hydroxyl groups is 4. The SMILES string of the molecule is CCOP1(=O)N=C(C2=C(O)C(C(C)(C)C)N(CCC(C)(C)C)C2=O)Nc2cc(C)ccc21.CCOP1(=O)N=C(C2=C(O)C(C(C)(C)C)N(CCC(C)(C)C)C2=O)Nc2ccc(C)cc21.CCOP1(=O)N=C(C2=C(O)C(C(C)(C)C)N(CCC(C)(C)C)C2=O)Nc2cccc(F)c21.CCOP1(=O)N=C(C2=C(O)C(CC(C)C)N(CCC(C)(C)C)C2=O)Nc2ccc(NS(C)(=O)=O)cc21. The molecule has 0 bridgehead atoms. The van der Waals surface area contributed by atoms with Crippen LogP contribution in [0, 0.1) is 63.5 Å². The number of anilines is 5. The van der Waals surface area contributed by atoms with Crippen molar-refractivity contribution < 1.29 is 88.8 Å². The Hall–Kier alpha value is -8.76. The van der Waals surface area contributed by atoms with Gasteiger partial charge in [0.05, 0.1) is 95.5 Å². The number of carbonyl (C=O) groups is 4. The average Bonchev–Trinajstić information content (AvgIpc) is 1.52. The molecule has 8 heterocycles. The van der Waals surface area contributed by atoms with Crippen LogP contribution in [0.25, 0.3) is 0 Å². The number of amides is 4. The van der Waals surface area contributed by atoms with Gasteiger partial charge in [-0.05, 0) is 178 Å². The Morgan fingerprint density at radius 1 is 0.424 bits per heavy atom. The van der Waals surface area contributed by atoms with Crippen LogP contribution in [0.3, 0.4) is 0 Å². The topological polar surface area (TPSA) is 411 Å². The van der Waals surface area contributed by atoms with Gasteiger partial charge >= 0.3 is 30.1 Å². The molecule has 8 atom stereocenters. The van der Waals surface area contributed by atoms with Crippen molar-refractivity contribution in [2.24, 2.45) is 62.9 Å². The van der Waals surface area contributed by atoms with Crippen LogP contribution >= 0.6 is 30.1 Å². The van der Waals surface area contributed by atoms with Crippen LogP contribution in [-0.2, 0) is 65.6 Å². The number of carbonyl (C=O) groups excluding carboxylic acids is 4. The van der Waals surface area contributed by atoms with Crippen LogP contribution in [0.5, 0.6) is 0 Å². The molecule has 8 aliphatic rings. The summed E-state index contributed by atoms with van der Waals surface area (Å²) < 4.78 is 135. The van der Waals surface area contributed by atoms with Crippen LogP contribution in [0.4, 0.5) is 32.8 Å². The summed E-state index contributed by atoms with van der Waals surface area (Å²) in [6, 6.07) is 17.5. The molecule has 0 saturated carbocycles. The Balaban J connectivity index is 0.000000198. The van der Waals surface area contributed by atoms with Gasteiger partial charge in [-0.25, -0.2) is 12.8 Å². The van der Waals surface area contributed by atoms with Crippen molar-refractivity contribution in [2.45, 2.75) is 257 Å². The molecular formula is C95H142FN13O18P4S. The third-order valence-corrected chi connectivity index (χ3v) is 31.7. The van der Waals surface area contributed by atoms with Crippen LogP contribution in [0.15, 0.2) is 137 Å². The normalized spacial score (nSPS) is 23.5. The van der Waals surface area contributed by atoms with E-state index in [4.69, 9.17) is 18.1 Å². The predicted molar refractivity (Wildman–Crippen MR) is 528 cm³/mol. The zero-order valence-corrected chi connectivity index (χ0v) is 87.1. The van der Waals surface area contributed by atoms with Crippen molar-refractivity contribution in [2.75, 3.05) is 84.9 Å². The largest absolute Gasteiger partial charge is 0.509 e. The summed E-state index contributed by atoms with van der Waals surface area (Å²) in [4.78, 5) is 61.0. The summed E-state index contributed by atoms with van der Waals surface area (Å²) >= 11 is 0. The van der Waals surface area contributed by atoms with Crippen molar-refractivity contribution in [3.63, 3.8) is 0 Å². The number of sulfonamides is 1. The van der Waals surface area contributed by atoms with Crippen molar-refractivity contribution in [3.8, 4) is 0 Å². The summed E-state index contributed by atoms with van der Waals surface area (Å²) in [6.45, 7) is 60.2. The third-order valence-electron chi connectivity index (χ3n) is 22.8. The monoisotopic (exact) mass is 1930 g/mol. The quantitative estimate of drug-likeness (QED) is 0.0294. The predicted octanol–water partition coefficient (Wildman–Crippen LogP) is 19.6. The van der Waals surface area contributed by atoms with Crippen LogP contribution < -0.4 is 47.2 Å². The molecule has 0 spiro atoms. The van der Waals surface area contributed by atoms with Crippen molar-refractivity contribution in [1.29, 1.82) is 0 Å². The minimum absolute atomic E-state index is 0.0110. The lowest BCUT2D eigenvalue weighted by Gasteiger charge is -2.36. The van der Waals surface area contributed by atoms with Crippen LogP contribution in [-0.4, -0.2) is 178 Å². The summed E-state index contributed by atoms with van der Waals surface area (Å²) in [5, 5.41) is 58.2. The molecule has 0 aliphatic carbocycles. The molecule has 0 saturated heterocycles. The number of amidine groups is 4. The fraction of sp³-hybridized carbons (Fsp3) is 0.579. The molecule has 728 valence electrons. The first-order chi connectivity index (χ1) is 60.6. The first kappa shape index (κ1) is 107. The lowest BCUT2D eigenvalue weighted by molar-refractivity contribution is -0.129. The zero-order chi connectivity index (χ0) is 99.2. The fourth-order valence-corrected chi connectivity index (χ4v) is 24.4. The summed E-state index contributed by atoms with van der Waals surface area (Å²) in [7, 11) is -18.6. The van der Waals surface area contributed by atoms with Gasteiger partial charge in [0, 0.05) is 31.9 Å². The van der Waals surface area contributed by atoms with E-state index in [9.17, 15) is 70.7 Å². The highest BCUT2D eigenvalue weighted by molar-refractivity contribution is 7.92. The fourth-order valence-electron chi connectivity index (χ4n) is 16.6. The summed E-state index contributed by atoms with van der Waals surface area (Å²) in [5.41, 5.74) is 2.72. The Morgan fingerprint density at radius 2 is 0.742 bits per heavy atom. The van der Waals surface area contributed by atoms with E-state index in [1.165, 1.54) is 24.3 Å². The molecule has 4 aromatic rings. The zero-order valence-electron chi connectivity index (χ0n) is 82.7. The second-order valence-corrected chi connectivity index (χ2v) is 52.7.